The summed E-state index contributed by atoms with van der Waals surface area (Å²) in [5.74, 6) is 0.312. The fourth-order valence-electron chi connectivity index (χ4n) is 3.26. The van der Waals surface area contributed by atoms with Crippen LogP contribution in [0.25, 0.3) is 11.0 Å². The molecule has 152 valence electrons. The van der Waals surface area contributed by atoms with Gasteiger partial charge in [-0.2, -0.15) is 0 Å². The Labute approximate surface area is 174 Å². The summed E-state index contributed by atoms with van der Waals surface area (Å²) < 4.78 is 16.5. The molecule has 0 spiro atoms. The minimum Gasteiger partial charge on any atom is -0.488 e. The topological polar surface area (TPSA) is 65.7 Å². The van der Waals surface area contributed by atoms with Crippen LogP contribution in [0.4, 0.5) is 0 Å². The Kier molecular flexibility index (Phi) is 6.60. The maximum absolute atomic E-state index is 12.5. The summed E-state index contributed by atoms with van der Waals surface area (Å²) in [6.45, 7) is 6.15. The number of hydrogen-bond donors (Lipinski definition) is 0. The first-order valence-corrected chi connectivity index (χ1v) is 9.87. The second-order valence-corrected chi connectivity index (χ2v) is 7.22. The average Bonchev–Trinajstić information content (AvgIpc) is 2.68. The molecular weight excluding hydrogens is 392 g/mol. The summed E-state index contributed by atoms with van der Waals surface area (Å²) in [5.41, 5.74) is 3.07. The molecule has 29 heavy (non-hydrogen) atoms. The number of carbonyl (C=O) groups is 1. The van der Waals surface area contributed by atoms with Crippen LogP contribution in [0.1, 0.15) is 35.6 Å². The smallest absolute Gasteiger partial charge is 0.339 e. The van der Waals surface area contributed by atoms with E-state index in [1.807, 2.05) is 50.2 Å². The molecule has 3 aromatic rings. The Bertz CT molecular complexity index is 1100. The SMILES string of the molecule is CCOC(=O)CCc1c(C)c2ccc(OCc3cccc(Cl)c3)c(C)c2oc1=O. The molecule has 0 fully saturated rings. The fraction of sp³-hybridized carbons (Fsp3) is 0.304. The maximum atomic E-state index is 12.5. The van der Waals surface area contributed by atoms with Crippen LogP contribution >= 0.6 is 11.6 Å². The van der Waals surface area contributed by atoms with Crippen LogP contribution in [0, 0.1) is 13.8 Å². The monoisotopic (exact) mass is 414 g/mol. The highest BCUT2D eigenvalue weighted by molar-refractivity contribution is 6.30. The lowest BCUT2D eigenvalue weighted by molar-refractivity contribution is -0.143. The van der Waals surface area contributed by atoms with Gasteiger partial charge in [0.2, 0.25) is 0 Å². The molecular formula is C23H23ClO5. The van der Waals surface area contributed by atoms with Crippen molar-refractivity contribution in [3.05, 3.63) is 74.1 Å². The number of carbonyl (C=O) groups excluding carboxylic acids is 1. The Morgan fingerprint density at radius 2 is 1.93 bits per heavy atom. The lowest BCUT2D eigenvalue weighted by Crippen LogP contribution is -2.14. The second kappa shape index (κ2) is 9.14. The highest BCUT2D eigenvalue weighted by Gasteiger charge is 2.16. The normalized spacial score (nSPS) is 10.9. The molecule has 1 aromatic heterocycles. The number of benzene rings is 2. The number of esters is 1. The summed E-state index contributed by atoms with van der Waals surface area (Å²) >= 11 is 6.01. The van der Waals surface area contributed by atoms with Crippen molar-refractivity contribution in [2.75, 3.05) is 6.61 Å². The van der Waals surface area contributed by atoms with Gasteiger partial charge in [-0.05, 0) is 62.6 Å². The van der Waals surface area contributed by atoms with Crippen molar-refractivity contribution in [2.24, 2.45) is 0 Å². The number of hydrogen-bond acceptors (Lipinski definition) is 5. The van der Waals surface area contributed by atoms with Crippen LogP contribution in [0.2, 0.25) is 5.02 Å². The molecule has 2 aromatic carbocycles. The number of rotatable bonds is 7. The first-order chi connectivity index (χ1) is 13.9. The van der Waals surface area contributed by atoms with E-state index < -0.39 is 5.63 Å². The summed E-state index contributed by atoms with van der Waals surface area (Å²) in [5, 5.41) is 1.48. The van der Waals surface area contributed by atoms with Crippen LogP contribution in [-0.2, 0) is 22.6 Å². The van der Waals surface area contributed by atoms with E-state index in [-0.39, 0.29) is 18.8 Å². The van der Waals surface area contributed by atoms with Gasteiger partial charge in [0.25, 0.3) is 0 Å². The molecule has 1 heterocycles. The third-order valence-electron chi connectivity index (χ3n) is 4.82. The maximum Gasteiger partial charge on any atom is 0.339 e. The fourth-order valence-corrected chi connectivity index (χ4v) is 3.48. The number of aryl methyl sites for hydroxylation is 2. The van der Waals surface area contributed by atoms with Crippen molar-refractivity contribution in [3.63, 3.8) is 0 Å². The van der Waals surface area contributed by atoms with Crippen LogP contribution in [-0.4, -0.2) is 12.6 Å². The van der Waals surface area contributed by atoms with E-state index in [4.69, 9.17) is 25.5 Å². The van der Waals surface area contributed by atoms with E-state index in [1.54, 1.807) is 6.92 Å². The molecule has 0 unspecified atom stereocenters. The molecule has 0 bridgehead atoms. The van der Waals surface area contributed by atoms with Crippen LogP contribution < -0.4 is 10.4 Å². The molecule has 6 heteroatoms. The van der Waals surface area contributed by atoms with Gasteiger partial charge in [0, 0.05) is 28.0 Å². The number of fused-ring (bicyclic) bond motifs is 1. The van der Waals surface area contributed by atoms with E-state index in [2.05, 4.69) is 0 Å². The van der Waals surface area contributed by atoms with Gasteiger partial charge in [-0.15, -0.1) is 0 Å². The van der Waals surface area contributed by atoms with Gasteiger partial charge >= 0.3 is 11.6 Å². The molecule has 0 aliphatic rings. The van der Waals surface area contributed by atoms with Gasteiger partial charge in [-0.25, -0.2) is 4.79 Å². The van der Waals surface area contributed by atoms with Gasteiger partial charge in [0.05, 0.1) is 6.61 Å². The quantitative estimate of drug-likeness (QED) is 0.395. The van der Waals surface area contributed by atoms with Crippen LogP contribution in [0.15, 0.2) is 45.6 Å². The molecule has 0 amide bonds. The highest BCUT2D eigenvalue weighted by atomic mass is 35.5. The van der Waals surface area contributed by atoms with Crippen molar-refractivity contribution in [3.8, 4) is 5.75 Å². The first-order valence-electron chi connectivity index (χ1n) is 9.49. The van der Waals surface area contributed by atoms with E-state index in [0.29, 0.717) is 35.1 Å². The van der Waals surface area contributed by atoms with Gasteiger partial charge < -0.3 is 13.9 Å². The molecule has 0 saturated carbocycles. The van der Waals surface area contributed by atoms with Gasteiger partial charge in [-0.3, -0.25) is 4.79 Å². The third-order valence-corrected chi connectivity index (χ3v) is 5.06. The standard InChI is InChI=1S/C23H23ClO5/c1-4-27-21(25)11-9-19-14(2)18-8-10-20(15(3)22(18)29-23(19)26)28-13-16-6-5-7-17(24)12-16/h5-8,10,12H,4,9,11,13H2,1-3H3. The van der Waals surface area contributed by atoms with Gasteiger partial charge in [-0.1, -0.05) is 23.7 Å². The second-order valence-electron chi connectivity index (χ2n) is 6.78. The lowest BCUT2D eigenvalue weighted by atomic mass is 10.0. The van der Waals surface area contributed by atoms with Gasteiger partial charge in [0.15, 0.2) is 0 Å². The average molecular weight is 415 g/mol. The highest BCUT2D eigenvalue weighted by Crippen LogP contribution is 2.30. The molecule has 0 aliphatic carbocycles. The molecule has 0 aliphatic heterocycles. The Balaban J connectivity index is 1.87. The Hall–Kier alpha value is -2.79. The van der Waals surface area contributed by atoms with E-state index >= 15 is 0 Å². The Morgan fingerprint density at radius 3 is 2.66 bits per heavy atom. The number of ether oxygens (including phenoxy) is 2. The first kappa shape index (κ1) is 20.9. The Morgan fingerprint density at radius 1 is 1.14 bits per heavy atom. The lowest BCUT2D eigenvalue weighted by Gasteiger charge is -2.13. The third kappa shape index (κ3) is 4.80. The summed E-state index contributed by atoms with van der Waals surface area (Å²) in [7, 11) is 0. The minimum atomic E-state index is -0.436. The summed E-state index contributed by atoms with van der Waals surface area (Å²) in [4.78, 5) is 24.2. The minimum absolute atomic E-state index is 0.144. The molecule has 0 saturated heterocycles. The van der Waals surface area contributed by atoms with Crippen LogP contribution in [0.5, 0.6) is 5.75 Å². The molecule has 0 radical (unpaired) electrons. The zero-order valence-electron chi connectivity index (χ0n) is 16.7. The number of halogens is 1. The van der Waals surface area contributed by atoms with Crippen molar-refractivity contribution in [1.29, 1.82) is 0 Å². The summed E-state index contributed by atoms with van der Waals surface area (Å²) in [6.07, 6.45) is 0.430. The van der Waals surface area contributed by atoms with E-state index in [0.717, 1.165) is 22.1 Å². The summed E-state index contributed by atoms with van der Waals surface area (Å²) in [6, 6.07) is 11.2. The predicted octanol–water partition coefficient (Wildman–Crippen LogP) is 5.14. The van der Waals surface area contributed by atoms with E-state index in [9.17, 15) is 9.59 Å². The van der Waals surface area contributed by atoms with Crippen molar-refractivity contribution >= 4 is 28.5 Å². The zero-order chi connectivity index (χ0) is 21.0. The van der Waals surface area contributed by atoms with Crippen molar-refractivity contribution in [1.82, 2.24) is 0 Å². The predicted molar refractivity (Wildman–Crippen MR) is 113 cm³/mol. The van der Waals surface area contributed by atoms with E-state index in [1.165, 1.54) is 0 Å². The molecule has 0 atom stereocenters. The van der Waals surface area contributed by atoms with Crippen molar-refractivity contribution < 1.29 is 18.7 Å². The zero-order valence-corrected chi connectivity index (χ0v) is 17.5. The van der Waals surface area contributed by atoms with Crippen LogP contribution in [0.3, 0.4) is 0 Å². The van der Waals surface area contributed by atoms with Gasteiger partial charge in [0.1, 0.15) is 17.9 Å². The molecule has 0 N–H and O–H groups in total. The largest absolute Gasteiger partial charge is 0.488 e. The van der Waals surface area contributed by atoms with Crippen molar-refractivity contribution in [2.45, 2.75) is 40.2 Å². The molecule has 5 nitrogen and oxygen atoms in total. The molecule has 3 rings (SSSR count).